The average molecular weight is 677 g/mol. The van der Waals surface area contributed by atoms with Gasteiger partial charge in [-0.05, 0) is 43.2 Å². The maximum absolute atomic E-state index is 13.8. The van der Waals surface area contributed by atoms with E-state index in [0.29, 0.717) is 16.3 Å². The smallest absolute Gasteiger partial charge is 0.355 e. The van der Waals surface area contributed by atoms with E-state index in [-0.39, 0.29) is 36.6 Å². The largest absolute Gasteiger partial charge is 0.421 e. The van der Waals surface area contributed by atoms with Crippen molar-refractivity contribution < 1.29 is 31.6 Å². The number of amides is 1. The third-order valence-electron chi connectivity index (χ3n) is 5.33. The molecule has 0 saturated carbocycles. The molecule has 0 spiro atoms. The Balaban J connectivity index is 1.95. The van der Waals surface area contributed by atoms with Crippen molar-refractivity contribution in [3.63, 3.8) is 0 Å². The van der Waals surface area contributed by atoms with Gasteiger partial charge < -0.3 is 25.0 Å². The van der Waals surface area contributed by atoms with Gasteiger partial charge in [-0.2, -0.15) is 18.2 Å². The number of carbonyl (C=O) groups is 1. The second-order valence-electron chi connectivity index (χ2n) is 8.06. The van der Waals surface area contributed by atoms with Gasteiger partial charge in [0.2, 0.25) is 5.95 Å². The van der Waals surface area contributed by atoms with Gasteiger partial charge in [0, 0.05) is 23.4 Å². The molecular weight excluding hydrogens is 649 g/mol. The number of nitrogens with zero attached hydrogens (tertiary/aromatic N) is 2. The molecular formula is C25H28F3IN5O4P. The predicted molar refractivity (Wildman–Crippen MR) is 152 cm³/mol. The summed E-state index contributed by atoms with van der Waals surface area (Å²) in [5, 5.41) is 8.08. The van der Waals surface area contributed by atoms with Gasteiger partial charge in [-0.15, -0.1) is 0 Å². The normalized spacial score (nSPS) is 11.8. The highest BCUT2D eigenvalue weighted by Gasteiger charge is 2.35. The summed E-state index contributed by atoms with van der Waals surface area (Å²) in [5.41, 5.74) is 1.28. The van der Waals surface area contributed by atoms with Crippen LogP contribution < -0.4 is 16.0 Å². The van der Waals surface area contributed by atoms with Crippen LogP contribution in [0.4, 0.5) is 36.3 Å². The first-order valence-electron chi connectivity index (χ1n) is 11.9. The van der Waals surface area contributed by atoms with Crippen LogP contribution in [0, 0.1) is 0 Å². The van der Waals surface area contributed by atoms with E-state index >= 15 is 0 Å². The number of anilines is 4. The molecule has 0 saturated heterocycles. The Morgan fingerprint density at radius 1 is 1.05 bits per heavy atom. The van der Waals surface area contributed by atoms with Gasteiger partial charge in [0.1, 0.15) is 11.4 Å². The number of nitrogens with one attached hydrogen (secondary N) is 3. The lowest BCUT2D eigenvalue weighted by Crippen LogP contribution is -2.20. The average Bonchev–Trinajstić information content (AvgIpc) is 2.89. The Kier molecular flexibility index (Phi) is 10.7. The number of rotatable bonds is 12. The van der Waals surface area contributed by atoms with Crippen molar-refractivity contribution in [2.24, 2.45) is 0 Å². The van der Waals surface area contributed by atoms with Gasteiger partial charge in [-0.3, -0.25) is 9.36 Å². The van der Waals surface area contributed by atoms with Crippen LogP contribution in [0.2, 0.25) is 0 Å². The molecule has 1 aromatic heterocycles. The molecule has 210 valence electrons. The van der Waals surface area contributed by atoms with Crippen molar-refractivity contribution >= 4 is 59.2 Å². The summed E-state index contributed by atoms with van der Waals surface area (Å²) >= 11 is 2.15. The molecule has 0 atom stereocenters. The minimum atomic E-state index is -4.74. The van der Waals surface area contributed by atoms with E-state index in [1.807, 2.05) is 6.07 Å². The zero-order chi connectivity index (χ0) is 28.6. The second-order valence-corrected chi connectivity index (χ2v) is 10.9. The van der Waals surface area contributed by atoms with Crippen LogP contribution in [0.5, 0.6) is 0 Å². The summed E-state index contributed by atoms with van der Waals surface area (Å²) in [7, 11) is -1.89. The first-order valence-corrected chi connectivity index (χ1v) is 15.1. The van der Waals surface area contributed by atoms with Gasteiger partial charge in [0.05, 0.1) is 30.6 Å². The quantitative estimate of drug-likeness (QED) is 0.106. The molecule has 0 fully saturated rings. The zero-order valence-electron chi connectivity index (χ0n) is 21.4. The minimum absolute atomic E-state index is 0.0776. The summed E-state index contributed by atoms with van der Waals surface area (Å²) in [6.45, 7) is 3.95. The van der Waals surface area contributed by atoms with E-state index in [0.717, 1.165) is 11.1 Å². The first-order chi connectivity index (χ1) is 18.5. The molecule has 14 heteroatoms. The van der Waals surface area contributed by atoms with Gasteiger partial charge in [-0.1, -0.05) is 46.9 Å². The van der Waals surface area contributed by atoms with Crippen molar-refractivity contribution in [3.05, 3.63) is 70.9 Å². The monoisotopic (exact) mass is 677 g/mol. The Bertz CT molecular complexity index is 1350. The third kappa shape index (κ3) is 8.13. The van der Waals surface area contributed by atoms with Gasteiger partial charge in [0.15, 0.2) is 0 Å². The number of para-hydroxylation sites is 1. The van der Waals surface area contributed by atoms with Gasteiger partial charge >= 0.3 is 13.8 Å². The number of hydrogen-bond acceptors (Lipinski definition) is 8. The fraction of sp³-hybridized carbons (Fsp3) is 0.320. The van der Waals surface area contributed by atoms with Crippen LogP contribution in [0.3, 0.4) is 0 Å². The van der Waals surface area contributed by atoms with Crippen LogP contribution in [0.15, 0.2) is 48.7 Å². The first kappa shape index (κ1) is 30.8. The molecule has 1 heterocycles. The van der Waals surface area contributed by atoms with Crippen LogP contribution in [0.1, 0.15) is 40.9 Å². The summed E-state index contributed by atoms with van der Waals surface area (Å²) in [4.78, 5) is 20.2. The van der Waals surface area contributed by atoms with E-state index < -0.39 is 31.1 Å². The number of aromatic nitrogens is 2. The third-order valence-corrected chi connectivity index (χ3v) is 8.21. The molecule has 1 amide bonds. The van der Waals surface area contributed by atoms with Crippen molar-refractivity contribution in [2.75, 3.05) is 30.9 Å². The topological polar surface area (TPSA) is 114 Å². The number of halogens is 4. The molecule has 0 unspecified atom stereocenters. The van der Waals surface area contributed by atoms with E-state index in [1.165, 1.54) is 19.2 Å². The maximum atomic E-state index is 13.8. The Morgan fingerprint density at radius 3 is 2.36 bits per heavy atom. The van der Waals surface area contributed by atoms with Crippen LogP contribution >= 0.6 is 30.2 Å². The highest BCUT2D eigenvalue weighted by atomic mass is 127. The van der Waals surface area contributed by atoms with Crippen LogP contribution in [-0.4, -0.2) is 36.1 Å². The minimum Gasteiger partial charge on any atom is -0.355 e. The molecule has 0 aliphatic rings. The highest BCUT2D eigenvalue weighted by molar-refractivity contribution is 14.1. The number of benzene rings is 2. The van der Waals surface area contributed by atoms with E-state index in [9.17, 15) is 22.5 Å². The number of alkyl halides is 4. The number of carbonyl (C=O) groups excluding carboxylic acids is 1. The summed E-state index contributed by atoms with van der Waals surface area (Å²) in [6, 6.07) is 11.4. The lowest BCUT2D eigenvalue weighted by atomic mass is 10.1. The molecule has 9 nitrogen and oxygen atoms in total. The molecule has 0 aliphatic carbocycles. The van der Waals surface area contributed by atoms with Gasteiger partial charge in [0.25, 0.3) is 5.91 Å². The summed E-state index contributed by atoms with van der Waals surface area (Å²) in [6.07, 6.45) is -3.99. The Morgan fingerprint density at radius 2 is 1.74 bits per heavy atom. The van der Waals surface area contributed by atoms with E-state index in [1.54, 1.807) is 38.1 Å². The SMILES string of the molecule is CCOP(=O)(Cc1ccc(Nc2ncc(C(F)(F)F)c(Nc3ccccc3C(=O)NC)n2)c(CI)c1)OCC. The highest BCUT2D eigenvalue weighted by Crippen LogP contribution is 2.51. The Labute approximate surface area is 238 Å². The second kappa shape index (κ2) is 13.6. The van der Waals surface area contributed by atoms with E-state index in [4.69, 9.17) is 9.05 Å². The lowest BCUT2D eigenvalue weighted by molar-refractivity contribution is -0.137. The fourth-order valence-electron chi connectivity index (χ4n) is 3.64. The maximum Gasteiger partial charge on any atom is 0.421 e. The van der Waals surface area contributed by atoms with Crippen molar-refractivity contribution in [2.45, 2.75) is 30.6 Å². The fourth-order valence-corrected chi connectivity index (χ4v) is 5.96. The summed E-state index contributed by atoms with van der Waals surface area (Å²) in [5.74, 6) is -1.07. The predicted octanol–water partition coefficient (Wildman–Crippen LogP) is 7.04. The van der Waals surface area contributed by atoms with E-state index in [2.05, 4.69) is 48.5 Å². The summed E-state index contributed by atoms with van der Waals surface area (Å²) < 4.78 is 65.6. The van der Waals surface area contributed by atoms with Crippen LogP contribution in [-0.2, 0) is 30.4 Å². The molecule has 39 heavy (non-hydrogen) atoms. The zero-order valence-corrected chi connectivity index (χ0v) is 24.5. The van der Waals surface area contributed by atoms with Gasteiger partial charge in [-0.25, -0.2) is 4.98 Å². The molecule has 0 radical (unpaired) electrons. The number of hydrogen-bond donors (Lipinski definition) is 3. The molecule has 3 N–H and O–H groups in total. The van der Waals surface area contributed by atoms with Crippen molar-refractivity contribution in [3.8, 4) is 0 Å². The lowest BCUT2D eigenvalue weighted by Gasteiger charge is -2.19. The molecule has 3 aromatic rings. The molecule has 0 aliphatic heterocycles. The van der Waals surface area contributed by atoms with Crippen LogP contribution in [0.25, 0.3) is 0 Å². The molecule has 3 rings (SSSR count). The Hall–Kier alpha value is -2.74. The van der Waals surface area contributed by atoms with Crippen molar-refractivity contribution in [1.82, 2.24) is 15.3 Å². The molecule has 0 bridgehead atoms. The standard InChI is InChI=1S/C25H28F3IN5O4P/c1-4-37-39(36,38-5-2)15-16-10-11-20(17(12-16)13-29)33-24-31-14-19(25(26,27)28)22(34-24)32-21-9-7-6-8-18(21)23(35)30-3/h6-12,14H,4-5,13,15H2,1-3H3,(H,30,35)(H2,31,32,33,34). The van der Waals surface area contributed by atoms with Crippen molar-refractivity contribution in [1.29, 1.82) is 0 Å². The molecule has 2 aromatic carbocycles.